The first-order chi connectivity index (χ1) is 27.5. The zero-order valence-electron chi connectivity index (χ0n) is 31.5. The van der Waals surface area contributed by atoms with E-state index >= 15 is 0 Å². The topological polar surface area (TPSA) is 3.24 Å². The molecule has 264 valence electrons. The number of anilines is 3. The normalized spacial score (nSPS) is 13.0. The van der Waals surface area contributed by atoms with E-state index in [9.17, 15) is 0 Å². The Morgan fingerprint density at radius 3 is 1.57 bits per heavy atom. The molecule has 0 N–H and O–H groups in total. The molecule has 0 amide bonds. The largest absolute Gasteiger partial charge is 0.310 e. The maximum absolute atomic E-state index is 2.47. The summed E-state index contributed by atoms with van der Waals surface area (Å²) in [5.41, 5.74) is 13.6. The van der Waals surface area contributed by atoms with E-state index in [0.717, 1.165) is 17.1 Å². The summed E-state index contributed by atoms with van der Waals surface area (Å²) < 4.78 is 0. The van der Waals surface area contributed by atoms with E-state index in [2.05, 4.69) is 219 Å². The molecule has 0 heterocycles. The standard InChI is InChI=1S/C55H39N/c1-55(2)53-24-14-13-23-48(53)49-30-27-42(35-54(49)55)56(40-25-28-44-39(31-40)33-50(36-15-5-3-6-16-36)46-22-12-11-21-45(44)46)41-26-29-47-43-20-10-9-19-38(43)32-51(52(47)34-41)37-17-7-4-8-18-37/h3-35H,1-2H3. The fourth-order valence-electron chi connectivity index (χ4n) is 9.46. The highest BCUT2D eigenvalue weighted by Crippen LogP contribution is 2.51. The highest BCUT2D eigenvalue weighted by molar-refractivity contribution is 6.16. The molecule has 0 fully saturated rings. The summed E-state index contributed by atoms with van der Waals surface area (Å²) in [6.07, 6.45) is 0. The third kappa shape index (κ3) is 5.01. The first kappa shape index (κ1) is 32.5. The maximum Gasteiger partial charge on any atom is 0.0468 e. The van der Waals surface area contributed by atoms with Crippen LogP contribution in [0.5, 0.6) is 0 Å². The molecule has 1 heteroatoms. The molecule has 10 aromatic carbocycles. The Bertz CT molecular complexity index is 3160. The average Bonchev–Trinajstić information content (AvgIpc) is 3.49. The maximum atomic E-state index is 2.47. The van der Waals surface area contributed by atoms with Crippen LogP contribution < -0.4 is 4.90 Å². The molecule has 0 saturated heterocycles. The molecule has 56 heavy (non-hydrogen) atoms. The van der Waals surface area contributed by atoms with Crippen LogP contribution in [0.1, 0.15) is 25.0 Å². The van der Waals surface area contributed by atoms with Crippen LogP contribution in [0, 0.1) is 0 Å². The number of hydrogen-bond acceptors (Lipinski definition) is 1. The first-order valence-corrected chi connectivity index (χ1v) is 19.6. The van der Waals surface area contributed by atoms with Gasteiger partial charge in [-0.15, -0.1) is 0 Å². The van der Waals surface area contributed by atoms with E-state index in [-0.39, 0.29) is 5.41 Å². The van der Waals surface area contributed by atoms with Crippen molar-refractivity contribution in [2.75, 3.05) is 4.90 Å². The third-order valence-corrected chi connectivity index (χ3v) is 12.2. The van der Waals surface area contributed by atoms with Crippen molar-refractivity contribution in [3.63, 3.8) is 0 Å². The quantitative estimate of drug-likeness (QED) is 0.161. The van der Waals surface area contributed by atoms with Crippen molar-refractivity contribution in [1.29, 1.82) is 0 Å². The van der Waals surface area contributed by atoms with Crippen LogP contribution >= 0.6 is 0 Å². The molecule has 0 spiro atoms. The number of hydrogen-bond donors (Lipinski definition) is 0. The molecule has 10 aromatic rings. The number of fused-ring (bicyclic) bond motifs is 9. The molecular weight excluding hydrogens is 675 g/mol. The summed E-state index contributed by atoms with van der Waals surface area (Å²) in [5, 5.41) is 10.0. The molecule has 0 saturated carbocycles. The van der Waals surface area contributed by atoms with Crippen LogP contribution in [0.4, 0.5) is 17.1 Å². The molecule has 1 aliphatic rings. The van der Waals surface area contributed by atoms with Crippen molar-refractivity contribution in [2.45, 2.75) is 19.3 Å². The molecule has 1 nitrogen and oxygen atoms in total. The molecule has 0 bridgehead atoms. The Labute approximate surface area is 327 Å². The fraction of sp³-hybridized carbons (Fsp3) is 0.0545. The van der Waals surface area contributed by atoms with Gasteiger partial charge < -0.3 is 4.90 Å². The summed E-state index contributed by atoms with van der Waals surface area (Å²) in [6.45, 7) is 4.73. The Morgan fingerprint density at radius 1 is 0.304 bits per heavy atom. The van der Waals surface area contributed by atoms with E-state index in [0.29, 0.717) is 0 Å². The van der Waals surface area contributed by atoms with Crippen LogP contribution in [0.2, 0.25) is 0 Å². The lowest BCUT2D eigenvalue weighted by Crippen LogP contribution is -2.16. The smallest absolute Gasteiger partial charge is 0.0468 e. The van der Waals surface area contributed by atoms with Crippen LogP contribution in [0.3, 0.4) is 0 Å². The number of benzene rings is 10. The molecule has 0 unspecified atom stereocenters. The second kappa shape index (κ2) is 12.5. The molecule has 1 aliphatic carbocycles. The Kier molecular flexibility index (Phi) is 7.28. The average molecular weight is 714 g/mol. The van der Waals surface area contributed by atoms with Gasteiger partial charge in [0.15, 0.2) is 0 Å². The van der Waals surface area contributed by atoms with Crippen LogP contribution in [0.25, 0.3) is 76.5 Å². The second-order valence-electron chi connectivity index (χ2n) is 15.7. The highest BCUT2D eigenvalue weighted by atomic mass is 15.1. The van der Waals surface area contributed by atoms with Crippen molar-refractivity contribution >= 4 is 60.2 Å². The zero-order chi connectivity index (χ0) is 37.4. The predicted octanol–water partition coefficient (Wildman–Crippen LogP) is 15.4. The van der Waals surface area contributed by atoms with Crippen LogP contribution in [-0.2, 0) is 5.41 Å². The Hall–Kier alpha value is -6.96. The van der Waals surface area contributed by atoms with Gasteiger partial charge in [0.25, 0.3) is 0 Å². The lowest BCUT2D eigenvalue weighted by molar-refractivity contribution is 0.660. The molecule has 0 aliphatic heterocycles. The summed E-state index contributed by atoms with van der Waals surface area (Å²) in [5.74, 6) is 0. The molecule has 0 aromatic heterocycles. The lowest BCUT2D eigenvalue weighted by atomic mass is 9.82. The van der Waals surface area contributed by atoms with Crippen molar-refractivity contribution in [3.05, 3.63) is 211 Å². The van der Waals surface area contributed by atoms with Gasteiger partial charge in [-0.05, 0) is 136 Å². The molecule has 11 rings (SSSR count). The van der Waals surface area contributed by atoms with Gasteiger partial charge in [0.05, 0.1) is 0 Å². The minimum atomic E-state index is -0.122. The summed E-state index contributed by atoms with van der Waals surface area (Å²) >= 11 is 0. The van der Waals surface area contributed by atoms with Crippen LogP contribution in [0.15, 0.2) is 200 Å². The van der Waals surface area contributed by atoms with E-state index in [1.807, 2.05) is 0 Å². The minimum Gasteiger partial charge on any atom is -0.310 e. The highest BCUT2D eigenvalue weighted by Gasteiger charge is 2.35. The van der Waals surface area contributed by atoms with E-state index in [1.54, 1.807) is 0 Å². The van der Waals surface area contributed by atoms with Crippen molar-refractivity contribution in [1.82, 2.24) is 0 Å². The van der Waals surface area contributed by atoms with Crippen molar-refractivity contribution < 1.29 is 0 Å². The van der Waals surface area contributed by atoms with E-state index in [4.69, 9.17) is 0 Å². The van der Waals surface area contributed by atoms with Gasteiger partial charge in [0.1, 0.15) is 0 Å². The van der Waals surface area contributed by atoms with E-state index in [1.165, 1.54) is 87.6 Å². The van der Waals surface area contributed by atoms with Gasteiger partial charge >= 0.3 is 0 Å². The minimum absolute atomic E-state index is 0.122. The third-order valence-electron chi connectivity index (χ3n) is 12.2. The molecular formula is C55H39N. The SMILES string of the molecule is CC1(C)c2ccccc2-c2ccc(N(c3ccc4c(c3)cc(-c3ccccc3)c3ccccc34)c3ccc4c(c3)c(-c3ccccc3)cc3ccccc34)cc21. The van der Waals surface area contributed by atoms with Gasteiger partial charge in [-0.3, -0.25) is 0 Å². The van der Waals surface area contributed by atoms with Gasteiger partial charge in [-0.2, -0.15) is 0 Å². The van der Waals surface area contributed by atoms with Gasteiger partial charge in [0, 0.05) is 22.5 Å². The second-order valence-corrected chi connectivity index (χ2v) is 15.7. The predicted molar refractivity (Wildman–Crippen MR) is 240 cm³/mol. The van der Waals surface area contributed by atoms with Crippen molar-refractivity contribution in [2.24, 2.45) is 0 Å². The van der Waals surface area contributed by atoms with Gasteiger partial charge in [0.2, 0.25) is 0 Å². The zero-order valence-corrected chi connectivity index (χ0v) is 31.5. The number of nitrogens with zero attached hydrogens (tertiary/aromatic N) is 1. The van der Waals surface area contributed by atoms with Crippen molar-refractivity contribution in [3.8, 4) is 33.4 Å². The van der Waals surface area contributed by atoms with Gasteiger partial charge in [-0.25, -0.2) is 0 Å². The summed E-state index contributed by atoms with van der Waals surface area (Å²) in [4.78, 5) is 2.47. The van der Waals surface area contributed by atoms with E-state index < -0.39 is 0 Å². The Balaban J connectivity index is 1.18. The summed E-state index contributed by atoms with van der Waals surface area (Å²) in [7, 11) is 0. The monoisotopic (exact) mass is 713 g/mol. The molecule has 0 atom stereocenters. The van der Waals surface area contributed by atoms with Crippen LogP contribution in [-0.4, -0.2) is 0 Å². The Morgan fingerprint density at radius 2 is 0.804 bits per heavy atom. The van der Waals surface area contributed by atoms with Gasteiger partial charge in [-0.1, -0.05) is 166 Å². The number of rotatable bonds is 5. The first-order valence-electron chi connectivity index (χ1n) is 19.6. The molecule has 0 radical (unpaired) electrons. The lowest BCUT2D eigenvalue weighted by Gasteiger charge is -2.29. The summed E-state index contributed by atoms with van der Waals surface area (Å²) in [6, 6.07) is 74.1. The fourth-order valence-corrected chi connectivity index (χ4v) is 9.46.